The number of piperidine rings is 1. The molecule has 254 valence electrons. The summed E-state index contributed by atoms with van der Waals surface area (Å²) in [6.45, 7) is 3.23. The van der Waals surface area contributed by atoms with Crippen LogP contribution in [0.25, 0.3) is 66.1 Å². The second-order valence-corrected chi connectivity index (χ2v) is 13.6. The fraction of sp³-hybridized carbons (Fsp3) is 0.195. The van der Waals surface area contributed by atoms with Gasteiger partial charge in [0.15, 0.2) is 0 Å². The number of carbonyl (C=O) groups is 1. The topological polar surface area (TPSA) is 93.8 Å². The van der Waals surface area contributed by atoms with Gasteiger partial charge in [0.25, 0.3) is 0 Å². The summed E-state index contributed by atoms with van der Waals surface area (Å²) in [7, 11) is 4.11. The predicted octanol–water partition coefficient (Wildman–Crippen LogP) is 8.65. The van der Waals surface area contributed by atoms with Gasteiger partial charge in [0.1, 0.15) is 0 Å². The smallest absolute Gasteiger partial charge is 0.219 e. The van der Waals surface area contributed by atoms with E-state index in [1.807, 2.05) is 24.1 Å². The molecule has 1 amide bonds. The first-order valence-corrected chi connectivity index (χ1v) is 17.5. The number of amides is 1. The molecule has 4 aromatic carbocycles. The number of carbonyl (C=O) groups excluding carboxylic acids is 1. The van der Waals surface area contributed by atoms with Crippen LogP contribution in [0.4, 0.5) is 5.69 Å². The number of aryl methyl sites for hydroxylation is 2. The van der Waals surface area contributed by atoms with Crippen molar-refractivity contribution in [1.29, 1.82) is 0 Å². The van der Waals surface area contributed by atoms with E-state index in [9.17, 15) is 4.79 Å². The molecule has 51 heavy (non-hydrogen) atoms. The molecule has 0 radical (unpaired) electrons. The van der Waals surface area contributed by atoms with Crippen molar-refractivity contribution in [2.24, 2.45) is 14.1 Å². The predicted molar refractivity (Wildman–Crippen MR) is 207 cm³/mol. The van der Waals surface area contributed by atoms with E-state index >= 15 is 0 Å². The first kappa shape index (κ1) is 32.4. The number of anilines is 1. The van der Waals surface area contributed by atoms with Gasteiger partial charge in [0, 0.05) is 110 Å². The van der Waals surface area contributed by atoms with Crippen LogP contribution in [-0.4, -0.2) is 59.0 Å². The van der Waals surface area contributed by atoms with Gasteiger partial charge < -0.3 is 19.4 Å². The molecule has 0 bridgehead atoms. The van der Waals surface area contributed by atoms with Gasteiger partial charge in [0.05, 0.1) is 22.1 Å². The van der Waals surface area contributed by atoms with Crippen molar-refractivity contribution >= 4 is 67.1 Å². The van der Waals surface area contributed by atoms with E-state index in [-0.39, 0.29) is 11.9 Å². The van der Waals surface area contributed by atoms with E-state index in [4.69, 9.17) is 11.6 Å². The standard InChI is InChI=1S/C24H25N5O.C17H12ClN3/c1-16(30)29-10-3-4-19(15-29)27-20-13-21(24-22(14-20)25-8-9-26-24)18-6-5-17-7-11-28(2)23(17)12-18;1-21-7-4-11-2-3-12(8-16(11)21)14-9-13(18)10-15-17(14)20-6-5-19-15/h5-9,11-14,19,27H,3-4,10,15H2,1-2H3;2-10H,1H3/t19-;/m1./s1. The van der Waals surface area contributed by atoms with Crippen molar-refractivity contribution in [3.05, 3.63) is 115 Å². The second-order valence-electron chi connectivity index (χ2n) is 13.2. The average Bonchev–Trinajstić information content (AvgIpc) is 3.72. The number of fused-ring (bicyclic) bond motifs is 4. The Morgan fingerprint density at radius 3 is 1.90 bits per heavy atom. The zero-order valence-electron chi connectivity index (χ0n) is 28.7. The van der Waals surface area contributed by atoms with Crippen LogP contribution in [0.15, 0.2) is 110 Å². The van der Waals surface area contributed by atoms with Crippen LogP contribution in [0.5, 0.6) is 0 Å². The summed E-state index contributed by atoms with van der Waals surface area (Å²) in [6, 6.07) is 25.4. The lowest BCUT2D eigenvalue weighted by atomic mass is 10.0. The monoisotopic (exact) mass is 692 g/mol. The third-order valence-electron chi connectivity index (χ3n) is 9.75. The third kappa shape index (κ3) is 6.48. The zero-order chi connectivity index (χ0) is 35.1. The van der Waals surface area contributed by atoms with Gasteiger partial charge in [0.2, 0.25) is 5.91 Å². The Hall–Kier alpha value is -5.80. The number of nitrogens with zero attached hydrogens (tertiary/aromatic N) is 7. The molecule has 1 fully saturated rings. The van der Waals surface area contributed by atoms with E-state index in [2.05, 4.69) is 114 Å². The van der Waals surface area contributed by atoms with Crippen LogP contribution in [0.2, 0.25) is 5.02 Å². The van der Waals surface area contributed by atoms with Gasteiger partial charge >= 0.3 is 0 Å². The van der Waals surface area contributed by atoms with Gasteiger partial charge in [-0.1, -0.05) is 35.9 Å². The van der Waals surface area contributed by atoms with E-state index in [0.29, 0.717) is 5.02 Å². The van der Waals surface area contributed by atoms with Crippen LogP contribution in [0.3, 0.4) is 0 Å². The number of benzene rings is 4. The Labute approximate surface area is 300 Å². The molecule has 4 aromatic heterocycles. The maximum Gasteiger partial charge on any atom is 0.219 e. The Bertz CT molecular complexity index is 2570. The summed E-state index contributed by atoms with van der Waals surface area (Å²) < 4.78 is 4.24. The largest absolute Gasteiger partial charge is 0.380 e. The Morgan fingerprint density at radius 2 is 1.29 bits per heavy atom. The number of hydrogen-bond donors (Lipinski definition) is 1. The molecule has 8 aromatic rings. The normalized spacial score (nSPS) is 14.6. The lowest BCUT2D eigenvalue weighted by Gasteiger charge is -2.33. The number of aromatic nitrogens is 6. The lowest BCUT2D eigenvalue weighted by molar-refractivity contribution is -0.129. The molecule has 1 aliphatic heterocycles. The van der Waals surface area contributed by atoms with Gasteiger partial charge in [-0.05, 0) is 83.3 Å². The van der Waals surface area contributed by atoms with Crippen LogP contribution < -0.4 is 5.32 Å². The fourth-order valence-corrected chi connectivity index (χ4v) is 7.33. The van der Waals surface area contributed by atoms with Crippen molar-refractivity contribution in [3.8, 4) is 22.3 Å². The van der Waals surface area contributed by atoms with Crippen molar-refractivity contribution in [2.45, 2.75) is 25.8 Å². The van der Waals surface area contributed by atoms with Crippen LogP contribution in [-0.2, 0) is 18.9 Å². The Kier molecular flexibility index (Phi) is 8.57. The molecular formula is C41H37ClN8O. The third-order valence-corrected chi connectivity index (χ3v) is 9.97. The van der Waals surface area contributed by atoms with Crippen molar-refractivity contribution < 1.29 is 4.79 Å². The summed E-state index contributed by atoms with van der Waals surface area (Å²) >= 11 is 6.23. The molecular weight excluding hydrogens is 656 g/mol. The Balaban J connectivity index is 0.000000156. The number of halogens is 1. The molecule has 0 unspecified atom stereocenters. The van der Waals surface area contributed by atoms with Crippen molar-refractivity contribution in [3.63, 3.8) is 0 Å². The van der Waals surface area contributed by atoms with E-state index in [1.165, 1.54) is 21.8 Å². The zero-order valence-corrected chi connectivity index (χ0v) is 29.5. The molecule has 1 N–H and O–H groups in total. The van der Waals surface area contributed by atoms with Crippen molar-refractivity contribution in [2.75, 3.05) is 18.4 Å². The molecule has 5 heterocycles. The van der Waals surface area contributed by atoms with E-state index in [0.717, 1.165) is 75.9 Å². The molecule has 0 saturated carbocycles. The minimum Gasteiger partial charge on any atom is -0.380 e. The summed E-state index contributed by atoms with van der Waals surface area (Å²) in [6.07, 6.45) is 13.1. The minimum absolute atomic E-state index is 0.141. The molecule has 1 atom stereocenters. The first-order valence-electron chi connectivity index (χ1n) is 17.1. The number of rotatable bonds is 4. The van der Waals surface area contributed by atoms with Crippen molar-refractivity contribution in [1.82, 2.24) is 34.0 Å². The number of hydrogen-bond acceptors (Lipinski definition) is 6. The number of likely N-dealkylation sites (tertiary alicyclic amines) is 1. The molecule has 10 heteroatoms. The van der Waals surface area contributed by atoms with E-state index in [1.54, 1.807) is 31.7 Å². The van der Waals surface area contributed by atoms with Crippen LogP contribution in [0.1, 0.15) is 19.8 Å². The maximum atomic E-state index is 11.8. The maximum absolute atomic E-state index is 11.8. The molecule has 1 aliphatic rings. The van der Waals surface area contributed by atoms with Gasteiger partial charge in [-0.15, -0.1) is 0 Å². The molecule has 1 saturated heterocycles. The molecule has 0 spiro atoms. The van der Waals surface area contributed by atoms with Gasteiger partial charge in [-0.3, -0.25) is 24.7 Å². The second kappa shape index (κ2) is 13.5. The summed E-state index contributed by atoms with van der Waals surface area (Å²) in [4.78, 5) is 31.7. The summed E-state index contributed by atoms with van der Waals surface area (Å²) in [5, 5.41) is 6.76. The highest BCUT2D eigenvalue weighted by atomic mass is 35.5. The highest BCUT2D eigenvalue weighted by Gasteiger charge is 2.22. The molecule has 0 aliphatic carbocycles. The quantitative estimate of drug-likeness (QED) is 0.198. The lowest BCUT2D eigenvalue weighted by Crippen LogP contribution is -2.44. The molecule has 9 nitrogen and oxygen atoms in total. The highest BCUT2D eigenvalue weighted by molar-refractivity contribution is 6.31. The molecule has 9 rings (SSSR count). The number of nitrogens with one attached hydrogen (secondary N) is 1. The summed E-state index contributed by atoms with van der Waals surface area (Å²) in [5.41, 5.74) is 11.1. The Morgan fingerprint density at radius 1 is 0.725 bits per heavy atom. The summed E-state index contributed by atoms with van der Waals surface area (Å²) in [5.74, 6) is 0.141. The van der Waals surface area contributed by atoms with Gasteiger partial charge in [-0.2, -0.15) is 0 Å². The average molecular weight is 693 g/mol. The van der Waals surface area contributed by atoms with E-state index < -0.39 is 0 Å². The van der Waals surface area contributed by atoms with Crippen LogP contribution >= 0.6 is 11.6 Å². The minimum atomic E-state index is 0.141. The fourth-order valence-electron chi connectivity index (χ4n) is 7.12. The van der Waals surface area contributed by atoms with Crippen LogP contribution in [0, 0.1) is 0 Å². The SMILES string of the molecule is CC(=O)N1CCC[C@@H](Nc2cc(-c3ccc4ccn(C)c4c3)c3nccnc3c2)C1.Cn1ccc2ccc(-c3cc(Cl)cc4nccnc34)cc21. The first-order chi connectivity index (χ1) is 24.8. The highest BCUT2D eigenvalue weighted by Crippen LogP contribution is 2.34. The van der Waals surface area contributed by atoms with Gasteiger partial charge in [-0.25, -0.2) is 0 Å².